The molecule has 1 atom stereocenters. The highest BCUT2D eigenvalue weighted by Crippen LogP contribution is 2.18. The van der Waals surface area contributed by atoms with Gasteiger partial charge >= 0.3 is 0 Å². The van der Waals surface area contributed by atoms with E-state index >= 15 is 0 Å². The molecule has 0 saturated carbocycles. The summed E-state index contributed by atoms with van der Waals surface area (Å²) in [5.74, 6) is -0.953. The van der Waals surface area contributed by atoms with Crippen molar-refractivity contribution in [3.63, 3.8) is 0 Å². The Labute approximate surface area is 111 Å². The van der Waals surface area contributed by atoms with Crippen LogP contribution in [0.3, 0.4) is 0 Å². The maximum atomic E-state index is 13.2. The van der Waals surface area contributed by atoms with Crippen molar-refractivity contribution in [3.05, 3.63) is 65.7 Å². The van der Waals surface area contributed by atoms with Crippen molar-refractivity contribution in [1.29, 1.82) is 0 Å². The number of ether oxygens (including phenoxy) is 1. The molecule has 0 aliphatic heterocycles. The Morgan fingerprint density at radius 1 is 1.05 bits per heavy atom. The molecule has 2 aromatic rings. The average Bonchev–Trinajstić information content (AvgIpc) is 2.44. The fourth-order valence-electron chi connectivity index (χ4n) is 1.77. The summed E-state index contributed by atoms with van der Waals surface area (Å²) in [7, 11) is 1.75. The van der Waals surface area contributed by atoms with Gasteiger partial charge in [-0.2, -0.15) is 0 Å². The van der Waals surface area contributed by atoms with Gasteiger partial charge in [0.05, 0.1) is 6.04 Å². The maximum Gasteiger partial charge on any atom is 0.159 e. The number of nitrogens with one attached hydrogen (secondary N) is 1. The molecule has 1 N–H and O–H groups in total. The van der Waals surface area contributed by atoms with Crippen molar-refractivity contribution >= 4 is 0 Å². The van der Waals surface area contributed by atoms with Gasteiger partial charge in [-0.05, 0) is 36.9 Å². The standard InChI is InChI=1S/C15H15F2NO/c1-18-15(10-19-12-5-3-2-4-6-12)11-7-8-13(16)14(17)9-11/h2-9,15,18H,10H2,1H3. The number of benzene rings is 2. The fourth-order valence-corrected chi connectivity index (χ4v) is 1.77. The minimum absolute atomic E-state index is 0.199. The minimum atomic E-state index is -0.850. The second-order valence-electron chi connectivity index (χ2n) is 4.14. The van der Waals surface area contributed by atoms with E-state index in [4.69, 9.17) is 4.74 Å². The lowest BCUT2D eigenvalue weighted by atomic mass is 10.1. The molecule has 2 nitrogen and oxygen atoms in total. The Morgan fingerprint density at radius 2 is 1.79 bits per heavy atom. The van der Waals surface area contributed by atoms with E-state index in [1.165, 1.54) is 6.07 Å². The number of para-hydroxylation sites is 1. The smallest absolute Gasteiger partial charge is 0.159 e. The summed E-state index contributed by atoms with van der Waals surface area (Å²) in [6, 6.07) is 13.0. The van der Waals surface area contributed by atoms with Gasteiger partial charge in [0.1, 0.15) is 12.4 Å². The van der Waals surface area contributed by atoms with Gasteiger partial charge in [-0.15, -0.1) is 0 Å². The van der Waals surface area contributed by atoms with Crippen LogP contribution < -0.4 is 10.1 Å². The second-order valence-corrected chi connectivity index (χ2v) is 4.14. The molecule has 1 unspecified atom stereocenters. The summed E-state index contributed by atoms with van der Waals surface area (Å²) >= 11 is 0. The van der Waals surface area contributed by atoms with Crippen molar-refractivity contribution in [2.45, 2.75) is 6.04 Å². The predicted molar refractivity (Wildman–Crippen MR) is 70.1 cm³/mol. The zero-order valence-electron chi connectivity index (χ0n) is 10.6. The third kappa shape index (κ3) is 3.51. The summed E-state index contributed by atoms with van der Waals surface area (Å²) < 4.78 is 31.7. The highest BCUT2D eigenvalue weighted by Gasteiger charge is 2.12. The average molecular weight is 263 g/mol. The highest BCUT2D eigenvalue weighted by atomic mass is 19.2. The normalized spacial score (nSPS) is 12.2. The Kier molecular flexibility index (Phi) is 4.47. The van der Waals surface area contributed by atoms with Gasteiger partial charge in [0.25, 0.3) is 0 Å². The highest BCUT2D eigenvalue weighted by molar-refractivity contribution is 5.23. The molecular weight excluding hydrogens is 248 g/mol. The van der Waals surface area contributed by atoms with E-state index in [0.717, 1.165) is 11.8 Å². The topological polar surface area (TPSA) is 21.3 Å². The molecule has 0 fully saturated rings. The monoisotopic (exact) mass is 263 g/mol. The molecule has 0 aromatic heterocycles. The third-order valence-electron chi connectivity index (χ3n) is 2.85. The van der Waals surface area contributed by atoms with Crippen molar-refractivity contribution < 1.29 is 13.5 Å². The van der Waals surface area contributed by atoms with E-state index in [-0.39, 0.29) is 6.04 Å². The van der Waals surface area contributed by atoms with E-state index in [2.05, 4.69) is 5.32 Å². The molecule has 0 saturated heterocycles. The Hall–Kier alpha value is -1.94. The van der Waals surface area contributed by atoms with Gasteiger partial charge in [0, 0.05) is 0 Å². The van der Waals surface area contributed by atoms with Crippen LogP contribution in [0.15, 0.2) is 48.5 Å². The van der Waals surface area contributed by atoms with Crippen LogP contribution in [0, 0.1) is 11.6 Å². The van der Waals surface area contributed by atoms with Crippen LogP contribution in [0.25, 0.3) is 0 Å². The number of rotatable bonds is 5. The summed E-state index contributed by atoms with van der Waals surface area (Å²) in [6.45, 7) is 0.339. The SMILES string of the molecule is CNC(COc1ccccc1)c1ccc(F)c(F)c1. The van der Waals surface area contributed by atoms with Gasteiger partial charge in [-0.3, -0.25) is 0 Å². The largest absolute Gasteiger partial charge is 0.492 e. The predicted octanol–water partition coefficient (Wildman–Crippen LogP) is 3.30. The molecule has 4 heteroatoms. The Bertz CT molecular complexity index is 531. The van der Waals surface area contributed by atoms with Crippen LogP contribution in [0.1, 0.15) is 11.6 Å². The molecule has 0 bridgehead atoms. The molecule has 0 amide bonds. The van der Waals surface area contributed by atoms with Gasteiger partial charge in [-0.1, -0.05) is 24.3 Å². The van der Waals surface area contributed by atoms with Gasteiger partial charge in [0.2, 0.25) is 0 Å². The Balaban J connectivity index is 2.05. The summed E-state index contributed by atoms with van der Waals surface area (Å²) in [5.41, 5.74) is 0.650. The molecule has 2 rings (SSSR count). The van der Waals surface area contributed by atoms with Gasteiger partial charge in [0.15, 0.2) is 11.6 Å². The van der Waals surface area contributed by atoms with Crippen LogP contribution in [-0.2, 0) is 0 Å². The molecule has 2 aromatic carbocycles. The van der Waals surface area contributed by atoms with Crippen molar-refractivity contribution in [2.24, 2.45) is 0 Å². The van der Waals surface area contributed by atoms with Gasteiger partial charge in [-0.25, -0.2) is 8.78 Å². The Morgan fingerprint density at radius 3 is 2.42 bits per heavy atom. The lowest BCUT2D eigenvalue weighted by Gasteiger charge is -2.17. The molecular formula is C15H15F2NO. The van der Waals surface area contributed by atoms with Crippen LogP contribution in [0.5, 0.6) is 5.75 Å². The third-order valence-corrected chi connectivity index (χ3v) is 2.85. The van der Waals surface area contributed by atoms with Crippen molar-refractivity contribution in [2.75, 3.05) is 13.7 Å². The summed E-state index contributed by atoms with van der Waals surface area (Å²) in [5, 5.41) is 3.02. The molecule has 0 spiro atoms. The first-order valence-electron chi connectivity index (χ1n) is 6.01. The fraction of sp³-hybridized carbons (Fsp3) is 0.200. The van der Waals surface area contributed by atoms with E-state index in [1.807, 2.05) is 30.3 Å². The quantitative estimate of drug-likeness (QED) is 0.893. The van der Waals surface area contributed by atoms with E-state index < -0.39 is 11.6 Å². The number of hydrogen-bond acceptors (Lipinski definition) is 2. The van der Waals surface area contributed by atoms with Crippen molar-refractivity contribution in [1.82, 2.24) is 5.32 Å². The van der Waals surface area contributed by atoms with Crippen LogP contribution in [-0.4, -0.2) is 13.7 Å². The minimum Gasteiger partial charge on any atom is -0.492 e. The van der Waals surface area contributed by atoms with E-state index in [1.54, 1.807) is 13.1 Å². The zero-order chi connectivity index (χ0) is 13.7. The molecule has 0 aliphatic carbocycles. The first-order valence-corrected chi connectivity index (χ1v) is 6.01. The first-order chi connectivity index (χ1) is 9.20. The molecule has 19 heavy (non-hydrogen) atoms. The van der Waals surface area contributed by atoms with Crippen LogP contribution in [0.4, 0.5) is 8.78 Å². The molecule has 0 heterocycles. The number of likely N-dealkylation sites (N-methyl/N-ethyl adjacent to an activating group) is 1. The van der Waals surface area contributed by atoms with E-state index in [9.17, 15) is 8.78 Å². The summed E-state index contributed by atoms with van der Waals surface area (Å²) in [4.78, 5) is 0. The van der Waals surface area contributed by atoms with E-state index in [0.29, 0.717) is 12.2 Å². The van der Waals surface area contributed by atoms with Crippen LogP contribution in [0.2, 0.25) is 0 Å². The van der Waals surface area contributed by atoms with Crippen LogP contribution >= 0.6 is 0 Å². The van der Waals surface area contributed by atoms with Crippen molar-refractivity contribution in [3.8, 4) is 5.75 Å². The first kappa shape index (κ1) is 13.5. The zero-order valence-corrected chi connectivity index (χ0v) is 10.6. The molecule has 0 radical (unpaired) electrons. The maximum absolute atomic E-state index is 13.2. The number of halogens is 2. The lowest BCUT2D eigenvalue weighted by Crippen LogP contribution is -2.23. The second kappa shape index (κ2) is 6.29. The summed E-state index contributed by atoms with van der Waals surface area (Å²) in [6.07, 6.45) is 0. The molecule has 100 valence electrons. The lowest BCUT2D eigenvalue weighted by molar-refractivity contribution is 0.272. The van der Waals surface area contributed by atoms with Gasteiger partial charge < -0.3 is 10.1 Å². The molecule has 0 aliphatic rings. The number of hydrogen-bond donors (Lipinski definition) is 1.